The molecule has 1 aliphatic heterocycles. The maximum atomic E-state index is 12.4. The SMILES string of the molecule is Cc1ccccc1Cn1nc2n(c1=O)[C@@H](C(=O)O)CCC2. The summed E-state index contributed by atoms with van der Waals surface area (Å²) < 4.78 is 2.71. The zero-order valence-electron chi connectivity index (χ0n) is 11.8. The highest BCUT2D eigenvalue weighted by molar-refractivity contribution is 5.72. The van der Waals surface area contributed by atoms with Crippen LogP contribution in [0.5, 0.6) is 0 Å². The molecule has 3 rings (SSSR count). The average molecular weight is 287 g/mol. The normalized spacial score (nSPS) is 17.5. The average Bonchev–Trinajstić information content (AvgIpc) is 2.78. The largest absolute Gasteiger partial charge is 0.480 e. The van der Waals surface area contributed by atoms with E-state index in [2.05, 4.69) is 5.10 Å². The molecular formula is C15H17N3O3. The number of benzene rings is 1. The van der Waals surface area contributed by atoms with E-state index in [0.29, 0.717) is 25.2 Å². The molecule has 0 amide bonds. The number of carboxylic acid groups (broad SMARTS) is 1. The van der Waals surface area contributed by atoms with Crippen LogP contribution in [0.2, 0.25) is 0 Å². The molecule has 0 radical (unpaired) electrons. The van der Waals surface area contributed by atoms with Crippen LogP contribution in [-0.2, 0) is 17.8 Å². The molecule has 110 valence electrons. The Hall–Kier alpha value is -2.37. The van der Waals surface area contributed by atoms with Crippen molar-refractivity contribution in [3.63, 3.8) is 0 Å². The third-order valence-corrected chi connectivity index (χ3v) is 4.00. The minimum absolute atomic E-state index is 0.333. The molecule has 0 fully saturated rings. The Bertz CT molecular complexity index is 745. The summed E-state index contributed by atoms with van der Waals surface area (Å²) in [5.41, 5.74) is 1.77. The smallest absolute Gasteiger partial charge is 0.347 e. The van der Waals surface area contributed by atoms with Crippen LogP contribution < -0.4 is 5.69 Å². The lowest BCUT2D eigenvalue weighted by molar-refractivity contribution is -0.141. The molecule has 6 nitrogen and oxygen atoms in total. The summed E-state index contributed by atoms with van der Waals surface area (Å²) in [6.45, 7) is 2.36. The Labute approximate surface area is 121 Å². The monoisotopic (exact) mass is 287 g/mol. The number of aryl methyl sites for hydroxylation is 2. The summed E-state index contributed by atoms with van der Waals surface area (Å²) in [7, 11) is 0. The van der Waals surface area contributed by atoms with E-state index in [9.17, 15) is 14.7 Å². The lowest BCUT2D eigenvalue weighted by Crippen LogP contribution is -2.34. The van der Waals surface area contributed by atoms with Gasteiger partial charge in [0.2, 0.25) is 0 Å². The van der Waals surface area contributed by atoms with E-state index in [0.717, 1.165) is 17.5 Å². The van der Waals surface area contributed by atoms with Gasteiger partial charge in [-0.2, -0.15) is 5.10 Å². The van der Waals surface area contributed by atoms with Gasteiger partial charge >= 0.3 is 11.7 Å². The van der Waals surface area contributed by atoms with Gasteiger partial charge in [-0.15, -0.1) is 0 Å². The van der Waals surface area contributed by atoms with Crippen LogP contribution in [0.3, 0.4) is 0 Å². The number of hydrogen-bond acceptors (Lipinski definition) is 3. The van der Waals surface area contributed by atoms with Gasteiger partial charge in [0, 0.05) is 6.42 Å². The van der Waals surface area contributed by atoms with Gasteiger partial charge in [0.1, 0.15) is 11.9 Å². The van der Waals surface area contributed by atoms with Crippen molar-refractivity contribution in [1.82, 2.24) is 14.3 Å². The van der Waals surface area contributed by atoms with Crippen LogP contribution in [0.1, 0.15) is 35.8 Å². The highest BCUT2D eigenvalue weighted by atomic mass is 16.4. The fraction of sp³-hybridized carbons (Fsp3) is 0.400. The van der Waals surface area contributed by atoms with Crippen molar-refractivity contribution < 1.29 is 9.90 Å². The number of carboxylic acids is 1. The summed E-state index contributed by atoms with van der Waals surface area (Å²) >= 11 is 0. The summed E-state index contributed by atoms with van der Waals surface area (Å²) in [4.78, 5) is 23.7. The summed E-state index contributed by atoms with van der Waals surface area (Å²) in [6, 6.07) is 7.02. The second-order valence-electron chi connectivity index (χ2n) is 5.40. The molecule has 0 saturated heterocycles. The van der Waals surface area contributed by atoms with Crippen molar-refractivity contribution in [1.29, 1.82) is 0 Å². The van der Waals surface area contributed by atoms with Crippen molar-refractivity contribution in [3.8, 4) is 0 Å². The fourth-order valence-electron chi connectivity index (χ4n) is 2.82. The van der Waals surface area contributed by atoms with Crippen molar-refractivity contribution >= 4 is 5.97 Å². The first-order valence-electron chi connectivity index (χ1n) is 7.03. The van der Waals surface area contributed by atoms with E-state index >= 15 is 0 Å². The maximum absolute atomic E-state index is 12.4. The number of aromatic nitrogens is 3. The summed E-state index contributed by atoms with van der Waals surface area (Å²) in [5, 5.41) is 13.6. The van der Waals surface area contributed by atoms with E-state index in [1.165, 1.54) is 9.25 Å². The van der Waals surface area contributed by atoms with Crippen molar-refractivity contribution in [3.05, 3.63) is 51.7 Å². The Morgan fingerprint density at radius 2 is 2.19 bits per heavy atom. The van der Waals surface area contributed by atoms with Crippen LogP contribution in [0.15, 0.2) is 29.1 Å². The molecule has 2 heterocycles. The van der Waals surface area contributed by atoms with Gasteiger partial charge in [-0.25, -0.2) is 14.3 Å². The first-order valence-corrected chi connectivity index (χ1v) is 7.03. The van der Waals surface area contributed by atoms with Gasteiger partial charge in [0.25, 0.3) is 0 Å². The molecule has 0 unspecified atom stereocenters. The molecule has 1 aromatic carbocycles. The first-order chi connectivity index (χ1) is 10.1. The molecule has 0 spiro atoms. The molecule has 1 aromatic heterocycles. The molecule has 0 bridgehead atoms. The molecule has 1 atom stereocenters. The van der Waals surface area contributed by atoms with E-state index in [-0.39, 0.29) is 5.69 Å². The molecule has 1 aliphatic rings. The van der Waals surface area contributed by atoms with Crippen LogP contribution in [0, 0.1) is 6.92 Å². The van der Waals surface area contributed by atoms with E-state index in [1.54, 1.807) is 0 Å². The number of nitrogens with zero attached hydrogens (tertiary/aromatic N) is 3. The lowest BCUT2D eigenvalue weighted by Gasteiger charge is -2.19. The fourth-order valence-corrected chi connectivity index (χ4v) is 2.82. The summed E-state index contributed by atoms with van der Waals surface area (Å²) in [6.07, 6.45) is 1.88. The van der Waals surface area contributed by atoms with E-state index in [4.69, 9.17) is 0 Å². The Balaban J connectivity index is 2.01. The molecule has 6 heteroatoms. The number of fused-ring (bicyclic) bond motifs is 1. The molecule has 2 aromatic rings. The maximum Gasteiger partial charge on any atom is 0.347 e. The number of hydrogen-bond donors (Lipinski definition) is 1. The Morgan fingerprint density at radius 1 is 1.43 bits per heavy atom. The number of aliphatic carboxylic acids is 1. The quantitative estimate of drug-likeness (QED) is 0.924. The third kappa shape index (κ3) is 2.37. The van der Waals surface area contributed by atoms with Crippen molar-refractivity contribution in [2.24, 2.45) is 0 Å². The highest BCUT2D eigenvalue weighted by Gasteiger charge is 2.30. The molecule has 1 N–H and O–H groups in total. The summed E-state index contributed by atoms with van der Waals surface area (Å²) in [5.74, 6) is -0.388. The van der Waals surface area contributed by atoms with Crippen molar-refractivity contribution in [2.45, 2.75) is 38.8 Å². The zero-order valence-corrected chi connectivity index (χ0v) is 11.8. The van der Waals surface area contributed by atoms with Gasteiger partial charge < -0.3 is 5.11 Å². The van der Waals surface area contributed by atoms with Gasteiger partial charge in [0.15, 0.2) is 0 Å². The number of carbonyl (C=O) groups is 1. The first kappa shape index (κ1) is 13.6. The van der Waals surface area contributed by atoms with Crippen LogP contribution in [-0.4, -0.2) is 25.4 Å². The highest BCUT2D eigenvalue weighted by Crippen LogP contribution is 2.22. The van der Waals surface area contributed by atoms with Gasteiger partial charge in [-0.05, 0) is 30.9 Å². The molecule has 21 heavy (non-hydrogen) atoms. The van der Waals surface area contributed by atoms with Crippen LogP contribution >= 0.6 is 0 Å². The van der Waals surface area contributed by atoms with Gasteiger partial charge in [-0.1, -0.05) is 24.3 Å². The van der Waals surface area contributed by atoms with Crippen LogP contribution in [0.4, 0.5) is 0 Å². The third-order valence-electron chi connectivity index (χ3n) is 4.00. The van der Waals surface area contributed by atoms with Gasteiger partial charge in [-0.3, -0.25) is 4.57 Å². The van der Waals surface area contributed by atoms with Crippen molar-refractivity contribution in [2.75, 3.05) is 0 Å². The Kier molecular flexibility index (Phi) is 3.37. The lowest BCUT2D eigenvalue weighted by atomic mass is 10.1. The zero-order chi connectivity index (χ0) is 15.0. The predicted molar refractivity (Wildman–Crippen MR) is 76.4 cm³/mol. The number of rotatable bonds is 3. The van der Waals surface area contributed by atoms with E-state index < -0.39 is 12.0 Å². The van der Waals surface area contributed by atoms with Crippen LogP contribution in [0.25, 0.3) is 0 Å². The second-order valence-corrected chi connectivity index (χ2v) is 5.40. The molecular weight excluding hydrogens is 270 g/mol. The Morgan fingerprint density at radius 3 is 2.90 bits per heavy atom. The molecule has 0 saturated carbocycles. The minimum Gasteiger partial charge on any atom is -0.480 e. The predicted octanol–water partition coefficient (Wildman–Crippen LogP) is 1.36. The van der Waals surface area contributed by atoms with Gasteiger partial charge in [0.05, 0.1) is 6.54 Å². The topological polar surface area (TPSA) is 77.1 Å². The second kappa shape index (κ2) is 5.20. The standard InChI is InChI=1S/C15H17N3O3/c1-10-5-2-3-6-11(10)9-17-15(21)18-12(14(19)20)7-4-8-13(18)16-17/h2-3,5-6,12H,4,7-9H2,1H3,(H,19,20)/t12-/m1/s1. The van der Waals surface area contributed by atoms with E-state index in [1.807, 2.05) is 31.2 Å². The molecule has 0 aliphatic carbocycles. The minimum atomic E-state index is -0.964.